The number of piperidine rings is 1. The Hall–Kier alpha value is -0.850. The van der Waals surface area contributed by atoms with Crippen LogP contribution in [0.1, 0.15) is 40.5 Å². The number of carbonyl (C=O) groups excluding carboxylic acids is 1. The van der Waals surface area contributed by atoms with E-state index in [9.17, 15) is 4.79 Å². The van der Waals surface area contributed by atoms with Crippen molar-refractivity contribution in [3.63, 3.8) is 0 Å². The maximum atomic E-state index is 12.3. The third-order valence-corrected chi connectivity index (χ3v) is 4.00. The average Bonchev–Trinajstić information content (AvgIpc) is 2.80. The average molecular weight is 314 g/mol. The summed E-state index contributed by atoms with van der Waals surface area (Å²) in [6.07, 6.45) is 1.63. The molecule has 0 aromatic carbocycles. The molecule has 2 amide bonds. The first-order valence-electron chi connectivity index (χ1n) is 8.35. The van der Waals surface area contributed by atoms with Crippen LogP contribution in [0.4, 0.5) is 4.79 Å². The van der Waals surface area contributed by atoms with Gasteiger partial charge in [0.1, 0.15) is 0 Å². The Kier molecular flexibility index (Phi) is 6.06. The summed E-state index contributed by atoms with van der Waals surface area (Å²) in [7, 11) is 0. The van der Waals surface area contributed by atoms with Crippen molar-refractivity contribution < 1.29 is 19.0 Å². The molecule has 2 atom stereocenters. The van der Waals surface area contributed by atoms with Crippen LogP contribution in [0.5, 0.6) is 0 Å². The van der Waals surface area contributed by atoms with Crippen LogP contribution in [0.15, 0.2) is 0 Å². The number of carbonyl (C=O) groups is 1. The molecule has 6 nitrogen and oxygen atoms in total. The van der Waals surface area contributed by atoms with Crippen molar-refractivity contribution >= 4 is 6.03 Å². The molecular formula is C16H30N2O4. The molecule has 1 spiro atoms. The predicted octanol–water partition coefficient (Wildman–Crippen LogP) is 1.98. The minimum Gasteiger partial charge on any atom is -0.379 e. The maximum absolute atomic E-state index is 12.3. The van der Waals surface area contributed by atoms with Crippen LogP contribution in [0, 0.1) is 5.92 Å². The number of ether oxygens (including phenoxy) is 3. The normalized spacial score (nSPS) is 25.7. The van der Waals surface area contributed by atoms with Crippen LogP contribution in [-0.2, 0) is 14.2 Å². The minimum atomic E-state index is -0.456. The first-order valence-corrected chi connectivity index (χ1v) is 8.35. The monoisotopic (exact) mass is 314 g/mol. The molecule has 2 saturated heterocycles. The number of hydrogen-bond acceptors (Lipinski definition) is 4. The first kappa shape index (κ1) is 17.5. The van der Waals surface area contributed by atoms with Gasteiger partial charge in [-0.1, -0.05) is 13.8 Å². The van der Waals surface area contributed by atoms with Gasteiger partial charge in [-0.2, -0.15) is 0 Å². The highest BCUT2D eigenvalue weighted by atomic mass is 16.7. The van der Waals surface area contributed by atoms with Crippen molar-refractivity contribution in [2.45, 2.75) is 58.5 Å². The van der Waals surface area contributed by atoms with Crippen LogP contribution in [0.3, 0.4) is 0 Å². The minimum absolute atomic E-state index is 0.0149. The van der Waals surface area contributed by atoms with Gasteiger partial charge in [-0.15, -0.1) is 0 Å². The van der Waals surface area contributed by atoms with Gasteiger partial charge in [0, 0.05) is 32.5 Å². The van der Waals surface area contributed by atoms with E-state index in [1.54, 1.807) is 0 Å². The zero-order valence-corrected chi connectivity index (χ0v) is 14.3. The molecule has 2 fully saturated rings. The fourth-order valence-electron chi connectivity index (χ4n) is 2.84. The van der Waals surface area contributed by atoms with Gasteiger partial charge in [0.2, 0.25) is 0 Å². The number of likely N-dealkylation sites (tertiary alicyclic amines) is 1. The van der Waals surface area contributed by atoms with Crippen LogP contribution >= 0.6 is 0 Å². The van der Waals surface area contributed by atoms with Gasteiger partial charge in [0.15, 0.2) is 5.79 Å². The molecule has 6 heteroatoms. The van der Waals surface area contributed by atoms with E-state index in [0.29, 0.717) is 32.2 Å². The molecule has 0 bridgehead atoms. The summed E-state index contributed by atoms with van der Waals surface area (Å²) >= 11 is 0. The summed E-state index contributed by atoms with van der Waals surface area (Å²) in [6.45, 7) is 11.5. The van der Waals surface area contributed by atoms with Crippen molar-refractivity contribution in [1.29, 1.82) is 0 Å². The van der Waals surface area contributed by atoms with E-state index in [1.807, 2.05) is 18.7 Å². The molecule has 0 radical (unpaired) electrons. The molecule has 0 aromatic rings. The van der Waals surface area contributed by atoms with Crippen molar-refractivity contribution in [3.8, 4) is 0 Å². The Morgan fingerprint density at radius 2 is 2.00 bits per heavy atom. The third kappa shape index (κ3) is 4.83. The Morgan fingerprint density at radius 1 is 1.32 bits per heavy atom. The van der Waals surface area contributed by atoms with Crippen molar-refractivity contribution in [2.75, 3.05) is 32.9 Å². The molecule has 2 rings (SSSR count). The lowest BCUT2D eigenvalue weighted by atomic mass is 10.0. The molecule has 0 saturated carbocycles. The summed E-state index contributed by atoms with van der Waals surface area (Å²) in [5.41, 5.74) is 0. The van der Waals surface area contributed by atoms with Crippen LogP contribution in [-0.4, -0.2) is 61.8 Å². The Bertz CT molecular complexity index is 367. The highest BCUT2D eigenvalue weighted by molar-refractivity contribution is 5.74. The second-order valence-electron chi connectivity index (χ2n) is 6.92. The zero-order valence-electron chi connectivity index (χ0n) is 14.3. The second kappa shape index (κ2) is 7.62. The largest absolute Gasteiger partial charge is 0.379 e. The van der Waals surface area contributed by atoms with Crippen molar-refractivity contribution in [1.82, 2.24) is 10.2 Å². The fraction of sp³-hybridized carbons (Fsp3) is 0.938. The quantitative estimate of drug-likeness (QED) is 0.843. The SMILES string of the molecule is CC(C)COC[C@@H](C)NC(=O)N1CCC2(CC1)OC[C@@H](C)O2. The summed E-state index contributed by atoms with van der Waals surface area (Å²) < 4.78 is 17.2. The zero-order chi connectivity index (χ0) is 16.2. The van der Waals surface area contributed by atoms with Gasteiger partial charge in [0.25, 0.3) is 0 Å². The molecule has 1 N–H and O–H groups in total. The van der Waals surface area contributed by atoms with Crippen molar-refractivity contribution in [2.24, 2.45) is 5.92 Å². The summed E-state index contributed by atoms with van der Waals surface area (Å²) in [6, 6.07) is -0.0114. The van der Waals surface area contributed by atoms with E-state index >= 15 is 0 Å². The van der Waals surface area contributed by atoms with Gasteiger partial charge in [-0.05, 0) is 19.8 Å². The van der Waals surface area contributed by atoms with E-state index in [1.165, 1.54) is 0 Å². The fourth-order valence-corrected chi connectivity index (χ4v) is 2.84. The number of nitrogens with one attached hydrogen (secondary N) is 1. The number of hydrogen-bond donors (Lipinski definition) is 1. The van der Waals surface area contributed by atoms with Crippen LogP contribution in [0.25, 0.3) is 0 Å². The second-order valence-corrected chi connectivity index (χ2v) is 6.92. The molecule has 0 aliphatic carbocycles. The highest BCUT2D eigenvalue weighted by Crippen LogP contribution is 2.33. The molecule has 2 aliphatic heterocycles. The predicted molar refractivity (Wildman–Crippen MR) is 83.7 cm³/mol. The molecule has 0 aromatic heterocycles. The number of urea groups is 1. The van der Waals surface area contributed by atoms with Crippen LogP contribution in [0.2, 0.25) is 0 Å². The highest BCUT2D eigenvalue weighted by Gasteiger charge is 2.43. The molecule has 0 unspecified atom stereocenters. The Labute approximate surface area is 133 Å². The Morgan fingerprint density at radius 3 is 2.55 bits per heavy atom. The van der Waals surface area contributed by atoms with E-state index in [0.717, 1.165) is 19.4 Å². The summed E-state index contributed by atoms with van der Waals surface area (Å²) in [5.74, 6) is 0.0531. The number of nitrogens with zero attached hydrogens (tertiary/aromatic N) is 1. The number of amides is 2. The maximum Gasteiger partial charge on any atom is 0.317 e. The van der Waals surface area contributed by atoms with Gasteiger partial charge >= 0.3 is 6.03 Å². The van der Waals surface area contributed by atoms with E-state index in [2.05, 4.69) is 19.2 Å². The topological polar surface area (TPSA) is 60.0 Å². The molecular weight excluding hydrogens is 284 g/mol. The van der Waals surface area contributed by atoms with Gasteiger partial charge in [-0.3, -0.25) is 0 Å². The van der Waals surface area contributed by atoms with Gasteiger partial charge in [-0.25, -0.2) is 4.79 Å². The molecule has 128 valence electrons. The van der Waals surface area contributed by atoms with Crippen LogP contribution < -0.4 is 5.32 Å². The lowest BCUT2D eigenvalue weighted by Crippen LogP contribution is -2.52. The first-order chi connectivity index (χ1) is 10.4. The van der Waals surface area contributed by atoms with Gasteiger partial charge < -0.3 is 24.4 Å². The Balaban J connectivity index is 1.68. The lowest BCUT2D eigenvalue weighted by Gasteiger charge is -2.38. The third-order valence-electron chi connectivity index (χ3n) is 4.00. The van der Waals surface area contributed by atoms with Crippen molar-refractivity contribution in [3.05, 3.63) is 0 Å². The molecule has 22 heavy (non-hydrogen) atoms. The standard InChI is InChI=1S/C16H30N2O4/c1-12(2)9-20-10-13(3)17-15(19)18-7-5-16(6-8-18)21-11-14(4)22-16/h12-14H,5-11H2,1-4H3,(H,17,19)/t13-,14-/m1/s1. The van der Waals surface area contributed by atoms with E-state index in [4.69, 9.17) is 14.2 Å². The van der Waals surface area contributed by atoms with Gasteiger partial charge in [0.05, 0.1) is 25.4 Å². The summed E-state index contributed by atoms with van der Waals surface area (Å²) in [4.78, 5) is 14.1. The smallest absolute Gasteiger partial charge is 0.317 e. The number of rotatable bonds is 5. The van der Waals surface area contributed by atoms with E-state index < -0.39 is 5.79 Å². The lowest BCUT2D eigenvalue weighted by molar-refractivity contribution is -0.189. The summed E-state index contributed by atoms with van der Waals surface area (Å²) in [5, 5.41) is 2.99. The molecule has 2 aliphatic rings. The molecule has 2 heterocycles. The van der Waals surface area contributed by atoms with E-state index in [-0.39, 0.29) is 18.2 Å².